The van der Waals surface area contributed by atoms with Crippen molar-refractivity contribution in [2.75, 3.05) is 5.32 Å². The number of amides is 1. The second kappa shape index (κ2) is 9.14. The number of nitrogens with one attached hydrogen (secondary N) is 1. The molecule has 0 radical (unpaired) electrons. The summed E-state index contributed by atoms with van der Waals surface area (Å²) in [6.07, 6.45) is 6.89. The van der Waals surface area contributed by atoms with E-state index in [1.54, 1.807) is 47.7 Å². The van der Waals surface area contributed by atoms with Crippen LogP contribution >= 0.6 is 11.8 Å². The predicted molar refractivity (Wildman–Crippen MR) is 123 cm³/mol. The Balaban J connectivity index is 1.58. The van der Waals surface area contributed by atoms with Crippen molar-refractivity contribution in [3.63, 3.8) is 0 Å². The van der Waals surface area contributed by atoms with E-state index in [1.165, 1.54) is 17.3 Å². The zero-order chi connectivity index (χ0) is 21.8. The fraction of sp³-hybridized carbons (Fsp3) is 0.167. The van der Waals surface area contributed by atoms with Gasteiger partial charge in [0.15, 0.2) is 0 Å². The van der Waals surface area contributed by atoms with Crippen molar-refractivity contribution in [2.24, 2.45) is 0 Å². The summed E-state index contributed by atoms with van der Waals surface area (Å²) >= 11 is 1.50. The molecule has 4 rings (SSSR count). The minimum absolute atomic E-state index is 0.0498. The van der Waals surface area contributed by atoms with Crippen LogP contribution < -0.4 is 5.32 Å². The second-order valence-corrected chi connectivity index (χ2v) is 8.33. The minimum Gasteiger partial charge on any atom is -0.307 e. The molecule has 0 spiro atoms. The van der Waals surface area contributed by atoms with Gasteiger partial charge in [0.2, 0.25) is 0 Å². The third-order valence-electron chi connectivity index (χ3n) is 5.02. The highest BCUT2D eigenvalue weighted by Gasteiger charge is 2.18. The molecule has 0 saturated carbocycles. The molecule has 1 N–H and O–H groups in total. The summed E-state index contributed by atoms with van der Waals surface area (Å²) in [5.74, 6) is 0.407. The van der Waals surface area contributed by atoms with Crippen LogP contribution in [0.2, 0.25) is 0 Å². The third-order valence-corrected chi connectivity index (χ3v) is 6.22. The molecule has 0 fully saturated rings. The van der Waals surface area contributed by atoms with Gasteiger partial charge in [0, 0.05) is 29.6 Å². The zero-order valence-corrected chi connectivity index (χ0v) is 18.4. The minimum atomic E-state index is -0.218. The summed E-state index contributed by atoms with van der Waals surface area (Å²) < 4.78 is 1.79. The molecule has 156 valence electrons. The first-order chi connectivity index (χ1) is 15.0. The van der Waals surface area contributed by atoms with E-state index in [4.69, 9.17) is 0 Å². The highest BCUT2D eigenvalue weighted by atomic mass is 32.2. The van der Waals surface area contributed by atoms with E-state index < -0.39 is 0 Å². The lowest BCUT2D eigenvalue weighted by molar-refractivity contribution is 0.102. The lowest BCUT2D eigenvalue weighted by Gasteiger charge is -2.17. The molecule has 0 bridgehead atoms. The number of aromatic nitrogens is 4. The van der Waals surface area contributed by atoms with Gasteiger partial charge in [-0.15, -0.1) is 0 Å². The van der Waals surface area contributed by atoms with E-state index in [1.807, 2.05) is 19.1 Å². The maximum atomic E-state index is 13.2. The number of nitrogens with zero attached hydrogens (tertiary/aromatic N) is 4. The van der Waals surface area contributed by atoms with Crippen molar-refractivity contribution < 1.29 is 4.79 Å². The molecule has 31 heavy (non-hydrogen) atoms. The van der Waals surface area contributed by atoms with Gasteiger partial charge in [-0.25, -0.2) is 9.67 Å². The normalized spacial score (nSPS) is 11.8. The predicted octanol–water partition coefficient (Wildman–Crippen LogP) is 5.30. The number of hydrogen-bond acceptors (Lipinski definition) is 5. The van der Waals surface area contributed by atoms with Crippen molar-refractivity contribution in [1.29, 1.82) is 0 Å². The van der Waals surface area contributed by atoms with E-state index in [0.29, 0.717) is 16.4 Å². The fourth-order valence-corrected chi connectivity index (χ4v) is 4.30. The number of hydrogen-bond donors (Lipinski definition) is 1. The van der Waals surface area contributed by atoms with Crippen molar-refractivity contribution in [3.05, 3.63) is 95.6 Å². The summed E-state index contributed by atoms with van der Waals surface area (Å²) in [4.78, 5) is 22.8. The van der Waals surface area contributed by atoms with Crippen LogP contribution in [-0.4, -0.2) is 25.7 Å². The van der Waals surface area contributed by atoms with Crippen LogP contribution in [0, 0.1) is 13.8 Å². The van der Waals surface area contributed by atoms with Gasteiger partial charge >= 0.3 is 0 Å². The van der Waals surface area contributed by atoms with Crippen molar-refractivity contribution in [3.8, 4) is 0 Å². The average Bonchev–Trinajstić information content (AvgIpc) is 3.24. The molecular formula is C24H23N5OS. The number of carbonyl (C=O) groups is 1. The van der Waals surface area contributed by atoms with E-state index in [9.17, 15) is 4.79 Å². The smallest absolute Gasteiger partial charge is 0.259 e. The Morgan fingerprint density at radius 1 is 1.03 bits per heavy atom. The molecule has 1 aromatic carbocycles. The second-order valence-electron chi connectivity index (χ2n) is 7.30. The van der Waals surface area contributed by atoms with Gasteiger partial charge in [-0.05, 0) is 62.2 Å². The van der Waals surface area contributed by atoms with Crippen LogP contribution in [0.25, 0.3) is 0 Å². The van der Waals surface area contributed by atoms with Gasteiger partial charge in [0.05, 0.1) is 17.8 Å². The summed E-state index contributed by atoms with van der Waals surface area (Å²) in [6, 6.07) is 15.5. The van der Waals surface area contributed by atoms with Crippen molar-refractivity contribution in [2.45, 2.75) is 36.7 Å². The van der Waals surface area contributed by atoms with E-state index in [-0.39, 0.29) is 11.9 Å². The molecule has 0 aliphatic heterocycles. The number of carbonyl (C=O) groups excluding carboxylic acids is 1. The topological polar surface area (TPSA) is 72.7 Å². The maximum Gasteiger partial charge on any atom is 0.259 e. The van der Waals surface area contributed by atoms with E-state index in [0.717, 1.165) is 16.0 Å². The lowest BCUT2D eigenvalue weighted by Crippen LogP contribution is -2.19. The molecule has 7 heteroatoms. The first kappa shape index (κ1) is 20.8. The number of rotatable bonds is 6. The highest BCUT2D eigenvalue weighted by molar-refractivity contribution is 7.99. The van der Waals surface area contributed by atoms with Gasteiger partial charge in [0.25, 0.3) is 5.91 Å². The Morgan fingerprint density at radius 3 is 2.61 bits per heavy atom. The number of pyridine rings is 2. The Hall–Kier alpha value is -3.45. The third kappa shape index (κ3) is 4.67. The molecule has 1 amide bonds. The van der Waals surface area contributed by atoms with Crippen LogP contribution in [-0.2, 0) is 0 Å². The van der Waals surface area contributed by atoms with Crippen LogP contribution in [0.5, 0.6) is 0 Å². The average molecular weight is 430 g/mol. The molecular weight excluding hydrogens is 406 g/mol. The van der Waals surface area contributed by atoms with E-state index >= 15 is 0 Å². The SMILES string of the molecule is Cc1ccc(Sc2ncccc2C(=O)Nc2ccnn2[C@H](C)c2ccncc2)c(C)c1. The van der Waals surface area contributed by atoms with E-state index in [2.05, 4.69) is 52.4 Å². The van der Waals surface area contributed by atoms with Gasteiger partial charge in [-0.2, -0.15) is 5.10 Å². The highest BCUT2D eigenvalue weighted by Crippen LogP contribution is 2.32. The van der Waals surface area contributed by atoms with Gasteiger partial charge in [0.1, 0.15) is 10.8 Å². The summed E-state index contributed by atoms with van der Waals surface area (Å²) in [6.45, 7) is 6.16. The molecule has 3 heterocycles. The Morgan fingerprint density at radius 2 is 1.84 bits per heavy atom. The fourth-order valence-electron chi connectivity index (χ4n) is 3.35. The van der Waals surface area contributed by atoms with Crippen LogP contribution in [0.4, 0.5) is 5.82 Å². The molecule has 0 aliphatic carbocycles. The maximum absolute atomic E-state index is 13.2. The van der Waals surface area contributed by atoms with Gasteiger partial charge < -0.3 is 5.32 Å². The first-order valence-electron chi connectivity index (χ1n) is 9.98. The Labute approximate surface area is 185 Å². The Bertz CT molecular complexity index is 1210. The summed E-state index contributed by atoms with van der Waals surface area (Å²) in [5.41, 5.74) is 3.95. The van der Waals surface area contributed by atoms with Crippen LogP contribution in [0.1, 0.15) is 40.0 Å². The molecule has 0 saturated heterocycles. The Kier molecular flexibility index (Phi) is 6.13. The van der Waals surface area contributed by atoms with Gasteiger partial charge in [-0.3, -0.25) is 9.78 Å². The quantitative estimate of drug-likeness (QED) is 0.450. The van der Waals surface area contributed by atoms with Crippen molar-refractivity contribution >= 4 is 23.5 Å². The molecule has 3 aromatic heterocycles. The van der Waals surface area contributed by atoms with Crippen molar-refractivity contribution in [1.82, 2.24) is 19.7 Å². The first-order valence-corrected chi connectivity index (χ1v) is 10.8. The molecule has 0 unspecified atom stereocenters. The monoisotopic (exact) mass is 429 g/mol. The standard InChI is InChI=1S/C24H23N5OS/c1-16-6-7-21(17(2)15-16)31-24-20(5-4-11-26-24)23(30)28-22-10-14-27-29(22)18(3)19-8-12-25-13-9-19/h4-15,18H,1-3H3,(H,28,30)/t18-/m1/s1. The molecule has 0 aliphatic rings. The van der Waals surface area contributed by atoms with Gasteiger partial charge in [-0.1, -0.05) is 29.5 Å². The van der Waals surface area contributed by atoms with Crippen LogP contribution in [0.3, 0.4) is 0 Å². The molecule has 6 nitrogen and oxygen atoms in total. The zero-order valence-electron chi connectivity index (χ0n) is 17.6. The summed E-state index contributed by atoms with van der Waals surface area (Å²) in [5, 5.41) is 8.08. The summed E-state index contributed by atoms with van der Waals surface area (Å²) in [7, 11) is 0. The molecule has 1 atom stereocenters. The molecule has 4 aromatic rings. The number of anilines is 1. The number of aryl methyl sites for hydroxylation is 2. The lowest BCUT2D eigenvalue weighted by atomic mass is 10.1. The number of benzene rings is 1. The largest absolute Gasteiger partial charge is 0.307 e. The van der Waals surface area contributed by atoms with Crippen LogP contribution in [0.15, 0.2) is 83.2 Å².